The van der Waals surface area contributed by atoms with E-state index < -0.39 is 0 Å². The Morgan fingerprint density at radius 1 is 1.12 bits per heavy atom. The summed E-state index contributed by atoms with van der Waals surface area (Å²) in [5, 5.41) is 2.84. The van der Waals surface area contributed by atoms with E-state index in [-0.39, 0.29) is 5.91 Å². The van der Waals surface area contributed by atoms with Crippen molar-refractivity contribution >= 4 is 17.7 Å². The standard InChI is InChI=1S/C21H19NO3/c1-16-9-11-19(22-21(23)12-10-18-8-5-13-24-18)20(14-16)25-15-17-6-3-2-4-7-17/h2-14H,15H2,1H3,(H,22,23)/b12-10+. The number of furan rings is 1. The van der Waals surface area contributed by atoms with Crippen molar-refractivity contribution in [1.29, 1.82) is 0 Å². The van der Waals surface area contributed by atoms with Crippen molar-refractivity contribution in [1.82, 2.24) is 0 Å². The Bertz CT molecular complexity index is 852. The third-order valence-corrected chi connectivity index (χ3v) is 3.57. The van der Waals surface area contributed by atoms with E-state index in [4.69, 9.17) is 9.15 Å². The number of ether oxygens (including phenoxy) is 1. The Balaban J connectivity index is 1.69. The molecule has 25 heavy (non-hydrogen) atoms. The molecule has 3 aromatic rings. The number of amides is 1. The number of anilines is 1. The molecule has 1 amide bonds. The smallest absolute Gasteiger partial charge is 0.248 e. The molecule has 0 saturated carbocycles. The molecule has 4 heteroatoms. The van der Waals surface area contributed by atoms with Gasteiger partial charge in [0.1, 0.15) is 18.1 Å². The van der Waals surface area contributed by atoms with Gasteiger partial charge in [-0.15, -0.1) is 0 Å². The van der Waals surface area contributed by atoms with Crippen LogP contribution in [0.3, 0.4) is 0 Å². The summed E-state index contributed by atoms with van der Waals surface area (Å²) < 4.78 is 11.1. The summed E-state index contributed by atoms with van der Waals surface area (Å²) in [6.45, 7) is 2.42. The number of hydrogen-bond donors (Lipinski definition) is 1. The lowest BCUT2D eigenvalue weighted by molar-refractivity contribution is -0.111. The highest BCUT2D eigenvalue weighted by Crippen LogP contribution is 2.26. The number of carbonyl (C=O) groups excluding carboxylic acids is 1. The SMILES string of the molecule is Cc1ccc(NC(=O)/C=C/c2ccco2)c(OCc2ccccc2)c1. The molecule has 0 spiro atoms. The zero-order valence-corrected chi connectivity index (χ0v) is 13.9. The van der Waals surface area contributed by atoms with Gasteiger partial charge in [-0.3, -0.25) is 4.79 Å². The number of carbonyl (C=O) groups is 1. The second-order valence-electron chi connectivity index (χ2n) is 5.61. The molecule has 0 atom stereocenters. The van der Waals surface area contributed by atoms with Gasteiger partial charge in [-0.1, -0.05) is 36.4 Å². The van der Waals surface area contributed by atoms with Crippen LogP contribution in [0.2, 0.25) is 0 Å². The van der Waals surface area contributed by atoms with Crippen LogP contribution in [0.1, 0.15) is 16.9 Å². The summed E-state index contributed by atoms with van der Waals surface area (Å²) in [6.07, 6.45) is 4.61. The van der Waals surface area contributed by atoms with Crippen LogP contribution < -0.4 is 10.1 Å². The monoisotopic (exact) mass is 333 g/mol. The van der Waals surface area contributed by atoms with Gasteiger partial charge in [0.25, 0.3) is 0 Å². The molecule has 0 aliphatic heterocycles. The van der Waals surface area contributed by atoms with E-state index in [9.17, 15) is 4.79 Å². The lowest BCUT2D eigenvalue weighted by Gasteiger charge is -2.13. The van der Waals surface area contributed by atoms with E-state index in [1.807, 2.05) is 55.5 Å². The Morgan fingerprint density at radius 3 is 2.72 bits per heavy atom. The fourth-order valence-electron chi connectivity index (χ4n) is 2.31. The molecule has 0 radical (unpaired) electrons. The van der Waals surface area contributed by atoms with Gasteiger partial charge in [-0.2, -0.15) is 0 Å². The van der Waals surface area contributed by atoms with Crippen molar-refractivity contribution in [3.05, 3.63) is 89.9 Å². The van der Waals surface area contributed by atoms with E-state index in [2.05, 4.69) is 5.32 Å². The number of nitrogens with one attached hydrogen (secondary N) is 1. The van der Waals surface area contributed by atoms with Crippen molar-refractivity contribution in [3.63, 3.8) is 0 Å². The van der Waals surface area contributed by atoms with E-state index >= 15 is 0 Å². The van der Waals surface area contributed by atoms with Crippen LogP contribution in [0.4, 0.5) is 5.69 Å². The minimum Gasteiger partial charge on any atom is -0.487 e. The first-order valence-corrected chi connectivity index (χ1v) is 8.01. The predicted octanol–water partition coefficient (Wildman–Crippen LogP) is 4.82. The fraction of sp³-hybridized carbons (Fsp3) is 0.0952. The van der Waals surface area contributed by atoms with Crippen molar-refractivity contribution in [3.8, 4) is 5.75 Å². The maximum absolute atomic E-state index is 12.1. The summed E-state index contributed by atoms with van der Waals surface area (Å²) in [5.74, 6) is 1.02. The quantitative estimate of drug-likeness (QED) is 0.658. The van der Waals surface area contributed by atoms with Crippen molar-refractivity contribution in [2.45, 2.75) is 13.5 Å². The first-order chi connectivity index (χ1) is 12.2. The molecule has 2 aromatic carbocycles. The fourth-order valence-corrected chi connectivity index (χ4v) is 2.31. The molecule has 4 nitrogen and oxygen atoms in total. The van der Waals surface area contributed by atoms with Crippen molar-refractivity contribution in [2.75, 3.05) is 5.32 Å². The third kappa shape index (κ3) is 4.85. The molecular formula is C21H19NO3. The van der Waals surface area contributed by atoms with Crippen LogP contribution in [0.25, 0.3) is 6.08 Å². The van der Waals surface area contributed by atoms with Crippen LogP contribution in [-0.4, -0.2) is 5.91 Å². The van der Waals surface area contributed by atoms with Gasteiger partial charge in [0.05, 0.1) is 12.0 Å². The molecule has 0 aliphatic carbocycles. The second kappa shape index (κ2) is 8.02. The topological polar surface area (TPSA) is 51.5 Å². The molecule has 1 heterocycles. The van der Waals surface area contributed by atoms with Gasteiger partial charge in [-0.25, -0.2) is 0 Å². The summed E-state index contributed by atoms with van der Waals surface area (Å²) in [4.78, 5) is 12.1. The van der Waals surface area contributed by atoms with E-state index in [0.717, 1.165) is 11.1 Å². The molecule has 0 unspecified atom stereocenters. The first-order valence-electron chi connectivity index (χ1n) is 8.01. The molecule has 3 rings (SSSR count). The van der Waals surface area contributed by atoms with Crippen LogP contribution in [0, 0.1) is 6.92 Å². The first kappa shape index (κ1) is 16.6. The minimum absolute atomic E-state index is 0.246. The summed E-state index contributed by atoms with van der Waals surface area (Å²) in [7, 11) is 0. The summed E-state index contributed by atoms with van der Waals surface area (Å²) in [6, 6.07) is 19.1. The van der Waals surface area contributed by atoms with Crippen LogP contribution in [0.15, 0.2) is 77.4 Å². The highest BCUT2D eigenvalue weighted by atomic mass is 16.5. The maximum Gasteiger partial charge on any atom is 0.248 e. The van der Waals surface area contributed by atoms with E-state index in [1.165, 1.54) is 6.08 Å². The Labute approximate surface area is 146 Å². The van der Waals surface area contributed by atoms with Gasteiger partial charge in [-0.05, 0) is 48.4 Å². The Kier molecular flexibility index (Phi) is 5.32. The molecule has 0 aliphatic rings. The lowest BCUT2D eigenvalue weighted by Crippen LogP contribution is -2.09. The zero-order chi connectivity index (χ0) is 17.5. The molecule has 1 N–H and O–H groups in total. The van der Waals surface area contributed by atoms with E-state index in [1.54, 1.807) is 24.5 Å². The van der Waals surface area contributed by atoms with Gasteiger partial charge in [0.2, 0.25) is 5.91 Å². The number of rotatable bonds is 6. The van der Waals surface area contributed by atoms with Crippen LogP contribution in [-0.2, 0) is 11.4 Å². The van der Waals surface area contributed by atoms with Gasteiger partial charge < -0.3 is 14.5 Å². The average molecular weight is 333 g/mol. The lowest BCUT2D eigenvalue weighted by atomic mass is 10.2. The Hall–Kier alpha value is -3.27. The van der Waals surface area contributed by atoms with Gasteiger partial charge in [0, 0.05) is 6.08 Å². The second-order valence-corrected chi connectivity index (χ2v) is 5.61. The highest BCUT2D eigenvalue weighted by molar-refractivity contribution is 6.02. The van der Waals surface area contributed by atoms with Crippen LogP contribution in [0.5, 0.6) is 5.75 Å². The molecule has 126 valence electrons. The normalized spacial score (nSPS) is 10.8. The third-order valence-electron chi connectivity index (χ3n) is 3.57. The largest absolute Gasteiger partial charge is 0.487 e. The van der Waals surface area contributed by atoms with Gasteiger partial charge in [0.15, 0.2) is 0 Å². The average Bonchev–Trinajstić information content (AvgIpc) is 3.15. The maximum atomic E-state index is 12.1. The van der Waals surface area contributed by atoms with Crippen molar-refractivity contribution in [2.24, 2.45) is 0 Å². The van der Waals surface area contributed by atoms with Crippen molar-refractivity contribution < 1.29 is 13.9 Å². The summed E-state index contributed by atoms with van der Waals surface area (Å²) in [5.41, 5.74) is 2.77. The minimum atomic E-state index is -0.246. The molecule has 0 bridgehead atoms. The highest BCUT2D eigenvalue weighted by Gasteiger charge is 2.07. The molecule has 0 saturated heterocycles. The number of benzene rings is 2. The Morgan fingerprint density at radius 2 is 1.96 bits per heavy atom. The zero-order valence-electron chi connectivity index (χ0n) is 13.9. The molecular weight excluding hydrogens is 314 g/mol. The number of hydrogen-bond acceptors (Lipinski definition) is 3. The molecule has 1 aromatic heterocycles. The predicted molar refractivity (Wildman–Crippen MR) is 98.3 cm³/mol. The van der Waals surface area contributed by atoms with Crippen LogP contribution >= 0.6 is 0 Å². The number of aryl methyl sites for hydroxylation is 1. The molecule has 0 fully saturated rings. The van der Waals surface area contributed by atoms with E-state index in [0.29, 0.717) is 23.8 Å². The van der Waals surface area contributed by atoms with Gasteiger partial charge >= 0.3 is 0 Å². The summed E-state index contributed by atoms with van der Waals surface area (Å²) >= 11 is 0.